The number of rotatable bonds is 2. The van der Waals surface area contributed by atoms with Crippen LogP contribution in [0.15, 0.2) is 23.1 Å². The summed E-state index contributed by atoms with van der Waals surface area (Å²) in [5.74, 6) is 0. The maximum Gasteiger partial charge on any atom is 0.410 e. The highest BCUT2D eigenvalue weighted by molar-refractivity contribution is 5.68. The Hall–Kier alpha value is -2.12. The fourth-order valence-corrected chi connectivity index (χ4v) is 2.35. The van der Waals surface area contributed by atoms with Crippen LogP contribution in [0.5, 0.6) is 0 Å². The summed E-state index contributed by atoms with van der Waals surface area (Å²) >= 11 is 0. The molecule has 1 aromatic rings. The molecular formula is C15H21F2N3O3. The smallest absolute Gasteiger partial charge is 0.410 e. The average molecular weight is 329 g/mol. The summed E-state index contributed by atoms with van der Waals surface area (Å²) in [6, 6.07) is 2.94. The lowest BCUT2D eigenvalue weighted by atomic mass is 10.2. The van der Waals surface area contributed by atoms with Crippen LogP contribution in [0.25, 0.3) is 0 Å². The van der Waals surface area contributed by atoms with E-state index in [1.807, 2.05) is 0 Å². The third-order valence-electron chi connectivity index (χ3n) is 3.44. The summed E-state index contributed by atoms with van der Waals surface area (Å²) in [5.41, 5.74) is -1.08. The molecule has 0 saturated carbocycles. The van der Waals surface area contributed by atoms with Gasteiger partial charge in [-0.25, -0.2) is 4.79 Å². The molecule has 0 bridgehead atoms. The van der Waals surface area contributed by atoms with Gasteiger partial charge in [0, 0.05) is 32.4 Å². The molecule has 2 rings (SSSR count). The number of ether oxygens (including phenoxy) is 1. The number of hydrogen-bond donors (Lipinski definition) is 0. The average Bonchev–Trinajstić information content (AvgIpc) is 2.45. The number of amides is 1. The van der Waals surface area contributed by atoms with Gasteiger partial charge in [-0.15, -0.1) is 0 Å². The van der Waals surface area contributed by atoms with Crippen LogP contribution in [0.1, 0.15) is 27.3 Å². The van der Waals surface area contributed by atoms with Crippen LogP contribution in [0.3, 0.4) is 0 Å². The topological polar surface area (TPSA) is 54.8 Å². The van der Waals surface area contributed by atoms with Crippen molar-refractivity contribution in [2.45, 2.75) is 32.9 Å². The molecule has 23 heavy (non-hydrogen) atoms. The summed E-state index contributed by atoms with van der Waals surface area (Å²) in [4.78, 5) is 27.3. The molecular weight excluding hydrogens is 308 g/mol. The minimum Gasteiger partial charge on any atom is -0.444 e. The van der Waals surface area contributed by atoms with E-state index in [1.165, 1.54) is 12.1 Å². The lowest BCUT2D eigenvalue weighted by molar-refractivity contribution is 0.0240. The summed E-state index contributed by atoms with van der Waals surface area (Å²) < 4.78 is 31.2. The molecule has 8 heteroatoms. The maximum absolute atomic E-state index is 12.8. The standard InChI is InChI=1S/C15H21F2N3O3/c1-15(2,3)23-14(22)19-9-7-18(8-10-19)11-5-4-6-20(12(11)21)13(16)17/h4-6,13H,7-10H2,1-3H3. The number of halogens is 2. The molecule has 1 amide bonds. The zero-order valence-corrected chi connectivity index (χ0v) is 13.5. The number of aromatic nitrogens is 1. The van der Waals surface area contributed by atoms with Gasteiger partial charge in [-0.05, 0) is 32.9 Å². The van der Waals surface area contributed by atoms with Gasteiger partial charge in [0.2, 0.25) is 0 Å². The molecule has 0 spiro atoms. The van der Waals surface area contributed by atoms with E-state index in [0.29, 0.717) is 30.7 Å². The number of hydrogen-bond acceptors (Lipinski definition) is 4. The van der Waals surface area contributed by atoms with Crippen molar-refractivity contribution in [3.63, 3.8) is 0 Å². The molecule has 0 atom stereocenters. The second kappa shape index (κ2) is 6.55. The summed E-state index contributed by atoms with van der Waals surface area (Å²) in [6.45, 7) is 4.03. The van der Waals surface area contributed by atoms with Gasteiger partial charge in [0.1, 0.15) is 11.3 Å². The van der Waals surface area contributed by atoms with Crippen molar-refractivity contribution >= 4 is 11.8 Å². The molecule has 2 heterocycles. The van der Waals surface area contributed by atoms with E-state index in [2.05, 4.69) is 0 Å². The van der Waals surface area contributed by atoms with E-state index in [9.17, 15) is 18.4 Å². The first-order valence-corrected chi connectivity index (χ1v) is 7.41. The Balaban J connectivity index is 2.04. The fraction of sp³-hybridized carbons (Fsp3) is 0.600. The number of piperazine rings is 1. The Morgan fingerprint density at radius 3 is 2.35 bits per heavy atom. The van der Waals surface area contributed by atoms with Crippen LogP contribution in [-0.2, 0) is 4.74 Å². The van der Waals surface area contributed by atoms with E-state index < -0.39 is 23.8 Å². The zero-order valence-electron chi connectivity index (χ0n) is 13.5. The lowest BCUT2D eigenvalue weighted by Gasteiger charge is -2.36. The molecule has 1 aliphatic heterocycles. The van der Waals surface area contributed by atoms with Crippen molar-refractivity contribution in [1.29, 1.82) is 0 Å². The number of alkyl halides is 2. The molecule has 1 aromatic heterocycles. The van der Waals surface area contributed by atoms with Crippen LogP contribution in [0, 0.1) is 0 Å². The first-order chi connectivity index (χ1) is 10.7. The van der Waals surface area contributed by atoms with Gasteiger partial charge in [-0.2, -0.15) is 8.78 Å². The monoisotopic (exact) mass is 329 g/mol. The maximum atomic E-state index is 12.8. The minimum absolute atomic E-state index is 0.219. The van der Waals surface area contributed by atoms with Crippen LogP contribution in [-0.4, -0.2) is 47.3 Å². The van der Waals surface area contributed by atoms with Crippen LogP contribution in [0.4, 0.5) is 19.3 Å². The molecule has 1 fully saturated rings. The van der Waals surface area contributed by atoms with Crippen molar-refractivity contribution in [2.24, 2.45) is 0 Å². The Bertz CT molecular complexity index is 617. The molecule has 1 saturated heterocycles. The molecule has 6 nitrogen and oxygen atoms in total. The third-order valence-corrected chi connectivity index (χ3v) is 3.44. The molecule has 0 aromatic carbocycles. The molecule has 128 valence electrons. The van der Waals surface area contributed by atoms with Crippen LogP contribution < -0.4 is 10.5 Å². The van der Waals surface area contributed by atoms with E-state index in [4.69, 9.17) is 4.74 Å². The van der Waals surface area contributed by atoms with E-state index in [-0.39, 0.29) is 5.69 Å². The van der Waals surface area contributed by atoms with Gasteiger partial charge in [-0.3, -0.25) is 9.36 Å². The lowest BCUT2D eigenvalue weighted by Crippen LogP contribution is -2.51. The predicted molar refractivity (Wildman–Crippen MR) is 82.0 cm³/mol. The van der Waals surface area contributed by atoms with Gasteiger partial charge < -0.3 is 14.5 Å². The Morgan fingerprint density at radius 2 is 1.83 bits per heavy atom. The largest absolute Gasteiger partial charge is 0.444 e. The molecule has 0 aliphatic carbocycles. The number of nitrogens with zero attached hydrogens (tertiary/aromatic N) is 3. The molecule has 0 N–H and O–H groups in total. The van der Waals surface area contributed by atoms with Crippen molar-refractivity contribution in [2.75, 3.05) is 31.1 Å². The van der Waals surface area contributed by atoms with Gasteiger partial charge in [0.15, 0.2) is 0 Å². The van der Waals surface area contributed by atoms with Gasteiger partial charge in [0.05, 0.1) is 0 Å². The van der Waals surface area contributed by atoms with E-state index >= 15 is 0 Å². The summed E-state index contributed by atoms with van der Waals surface area (Å²) in [6.07, 6.45) is 0.656. The summed E-state index contributed by atoms with van der Waals surface area (Å²) in [7, 11) is 0. The molecule has 0 unspecified atom stereocenters. The first-order valence-electron chi connectivity index (χ1n) is 7.41. The molecule has 1 aliphatic rings. The van der Waals surface area contributed by atoms with Crippen molar-refractivity contribution in [3.8, 4) is 0 Å². The second-order valence-electron chi connectivity index (χ2n) is 6.34. The van der Waals surface area contributed by atoms with Gasteiger partial charge in [-0.1, -0.05) is 0 Å². The highest BCUT2D eigenvalue weighted by atomic mass is 19.3. The van der Waals surface area contributed by atoms with Gasteiger partial charge in [0.25, 0.3) is 5.56 Å². The predicted octanol–water partition coefficient (Wildman–Crippen LogP) is 2.30. The third kappa shape index (κ3) is 4.20. The fourth-order valence-electron chi connectivity index (χ4n) is 2.35. The van der Waals surface area contributed by atoms with Gasteiger partial charge >= 0.3 is 12.6 Å². The Morgan fingerprint density at radius 1 is 1.22 bits per heavy atom. The SMILES string of the molecule is CC(C)(C)OC(=O)N1CCN(c2cccn(C(F)F)c2=O)CC1. The second-order valence-corrected chi connectivity index (χ2v) is 6.34. The number of carbonyl (C=O) groups is 1. The normalized spacial score (nSPS) is 15.9. The van der Waals surface area contributed by atoms with E-state index in [0.717, 1.165) is 6.20 Å². The van der Waals surface area contributed by atoms with Crippen molar-refractivity contribution < 1.29 is 18.3 Å². The summed E-state index contributed by atoms with van der Waals surface area (Å²) in [5, 5.41) is 0. The van der Waals surface area contributed by atoms with Crippen molar-refractivity contribution in [1.82, 2.24) is 9.47 Å². The highest BCUT2D eigenvalue weighted by Crippen LogP contribution is 2.16. The highest BCUT2D eigenvalue weighted by Gasteiger charge is 2.27. The first kappa shape index (κ1) is 17.2. The zero-order chi connectivity index (χ0) is 17.2. The number of pyridine rings is 1. The molecule has 0 radical (unpaired) electrons. The number of carbonyl (C=O) groups excluding carboxylic acids is 1. The van der Waals surface area contributed by atoms with E-state index in [1.54, 1.807) is 30.6 Å². The quantitative estimate of drug-likeness (QED) is 0.835. The Labute approximate surface area is 133 Å². The van der Waals surface area contributed by atoms with Crippen LogP contribution in [0.2, 0.25) is 0 Å². The Kier molecular flexibility index (Phi) is 4.91. The minimum atomic E-state index is -2.87. The van der Waals surface area contributed by atoms with Crippen molar-refractivity contribution in [3.05, 3.63) is 28.7 Å². The van der Waals surface area contributed by atoms with Crippen LogP contribution >= 0.6 is 0 Å². The number of anilines is 1.